The largest absolute Gasteiger partial charge is 0.467 e. The molecule has 1 saturated carbocycles. The monoisotopic (exact) mass is 355 g/mol. The van der Waals surface area contributed by atoms with Crippen LogP contribution < -0.4 is 10.6 Å². The number of hydrogen-bond donors (Lipinski definition) is 1. The van der Waals surface area contributed by atoms with Crippen LogP contribution in [-0.4, -0.2) is 30.6 Å². The van der Waals surface area contributed by atoms with E-state index in [4.69, 9.17) is 10.2 Å². The zero-order chi connectivity index (χ0) is 18.7. The fourth-order valence-corrected chi connectivity index (χ4v) is 4.13. The van der Waals surface area contributed by atoms with Gasteiger partial charge in [-0.1, -0.05) is 18.6 Å². The maximum absolute atomic E-state index is 12.2. The maximum Gasteiger partial charge on any atom is 0.315 e. The van der Waals surface area contributed by atoms with Gasteiger partial charge in [-0.15, -0.1) is 0 Å². The summed E-state index contributed by atoms with van der Waals surface area (Å²) in [4.78, 5) is 16.1. The van der Waals surface area contributed by atoms with Crippen LogP contribution >= 0.6 is 0 Å². The molecule has 1 aliphatic carbocycles. The van der Waals surface area contributed by atoms with Crippen molar-refractivity contribution in [3.05, 3.63) is 54.0 Å². The molecule has 0 saturated heterocycles. The van der Waals surface area contributed by atoms with Crippen molar-refractivity contribution < 1.29 is 9.21 Å². The van der Waals surface area contributed by atoms with Crippen LogP contribution in [0.3, 0.4) is 0 Å². The Morgan fingerprint density at radius 1 is 1.27 bits per heavy atom. The first-order valence-electron chi connectivity index (χ1n) is 9.26. The fraction of sp³-hybridized carbons (Fsp3) is 0.476. The number of furan rings is 1. The molecule has 5 nitrogen and oxygen atoms in total. The topological polar surface area (TPSA) is 62.7 Å². The SMILES string of the molecule is CN(C)c1ccc(C2CCCC(C)(N(Cc3ccco3)C(N)=O)C2)cc1. The van der Waals surface area contributed by atoms with E-state index in [9.17, 15) is 4.79 Å². The van der Waals surface area contributed by atoms with Gasteiger partial charge in [0.25, 0.3) is 0 Å². The lowest BCUT2D eigenvalue weighted by Gasteiger charge is -2.45. The number of primary amides is 1. The van der Waals surface area contributed by atoms with Gasteiger partial charge < -0.3 is 20.0 Å². The lowest BCUT2D eigenvalue weighted by molar-refractivity contribution is 0.0781. The van der Waals surface area contributed by atoms with Gasteiger partial charge in [-0.2, -0.15) is 0 Å². The molecule has 0 aliphatic heterocycles. The summed E-state index contributed by atoms with van der Waals surface area (Å²) in [6.45, 7) is 2.58. The van der Waals surface area contributed by atoms with Crippen molar-refractivity contribution in [2.75, 3.05) is 19.0 Å². The average molecular weight is 355 g/mol. The summed E-state index contributed by atoms with van der Waals surface area (Å²) >= 11 is 0. The minimum atomic E-state index is -0.382. The Kier molecular flexibility index (Phi) is 5.25. The van der Waals surface area contributed by atoms with E-state index in [1.165, 1.54) is 11.3 Å². The molecule has 2 amide bonds. The number of benzene rings is 1. The van der Waals surface area contributed by atoms with Crippen molar-refractivity contribution in [2.24, 2.45) is 5.73 Å². The maximum atomic E-state index is 12.2. The van der Waals surface area contributed by atoms with Gasteiger partial charge in [0.15, 0.2) is 0 Å². The van der Waals surface area contributed by atoms with Crippen LogP contribution in [0.15, 0.2) is 47.1 Å². The highest BCUT2D eigenvalue weighted by molar-refractivity contribution is 5.73. The fourth-order valence-electron chi connectivity index (χ4n) is 4.13. The summed E-state index contributed by atoms with van der Waals surface area (Å²) in [6.07, 6.45) is 5.73. The Morgan fingerprint density at radius 2 is 2.00 bits per heavy atom. The number of nitrogens with two attached hydrogens (primary N) is 1. The number of rotatable bonds is 5. The van der Waals surface area contributed by atoms with E-state index in [1.54, 1.807) is 11.2 Å². The van der Waals surface area contributed by atoms with Crippen LogP contribution in [0.2, 0.25) is 0 Å². The molecule has 2 aromatic rings. The normalized spacial score (nSPS) is 22.8. The van der Waals surface area contributed by atoms with Crippen molar-refractivity contribution in [3.8, 4) is 0 Å². The lowest BCUT2D eigenvalue weighted by atomic mass is 9.73. The van der Waals surface area contributed by atoms with Gasteiger partial charge in [0.05, 0.1) is 12.8 Å². The number of carbonyl (C=O) groups is 1. The van der Waals surface area contributed by atoms with Gasteiger partial charge in [-0.25, -0.2) is 4.79 Å². The molecule has 26 heavy (non-hydrogen) atoms. The predicted molar refractivity (Wildman–Crippen MR) is 104 cm³/mol. The summed E-state index contributed by atoms with van der Waals surface area (Å²) in [7, 11) is 4.10. The third kappa shape index (κ3) is 3.87. The van der Waals surface area contributed by atoms with Gasteiger partial charge in [-0.3, -0.25) is 0 Å². The molecule has 2 unspecified atom stereocenters. The third-order valence-electron chi connectivity index (χ3n) is 5.65. The first-order chi connectivity index (χ1) is 12.4. The molecule has 5 heteroatoms. The highest BCUT2D eigenvalue weighted by Crippen LogP contribution is 2.42. The number of amides is 2. The standard InChI is InChI=1S/C21H29N3O2/c1-21(24(20(22)25)15-19-7-5-13-26-19)12-4-6-17(14-21)16-8-10-18(11-9-16)23(2)3/h5,7-11,13,17H,4,6,12,14-15H2,1-3H3,(H2,22,25). The summed E-state index contributed by atoms with van der Waals surface area (Å²) in [6, 6.07) is 12.1. The van der Waals surface area contributed by atoms with Gasteiger partial charge in [-0.05, 0) is 61.9 Å². The molecule has 0 bridgehead atoms. The predicted octanol–water partition coefficient (Wildman–Crippen LogP) is 4.34. The van der Waals surface area contributed by atoms with Crippen LogP contribution in [0, 0.1) is 0 Å². The Morgan fingerprint density at radius 3 is 2.58 bits per heavy atom. The number of urea groups is 1. The van der Waals surface area contributed by atoms with Crippen LogP contribution in [0.5, 0.6) is 0 Å². The minimum absolute atomic E-state index is 0.262. The molecule has 1 aliphatic rings. The van der Waals surface area contributed by atoms with Crippen LogP contribution in [0.25, 0.3) is 0 Å². The molecule has 3 rings (SSSR count). The first-order valence-corrected chi connectivity index (χ1v) is 9.26. The van der Waals surface area contributed by atoms with Gasteiger partial charge in [0.1, 0.15) is 5.76 Å². The van der Waals surface area contributed by atoms with Crippen molar-refractivity contribution in [3.63, 3.8) is 0 Å². The van der Waals surface area contributed by atoms with E-state index in [2.05, 4.69) is 36.1 Å². The molecule has 1 aromatic carbocycles. The van der Waals surface area contributed by atoms with E-state index >= 15 is 0 Å². The number of nitrogens with zero attached hydrogens (tertiary/aromatic N) is 2. The van der Waals surface area contributed by atoms with Gasteiger partial charge in [0, 0.05) is 25.3 Å². The summed E-state index contributed by atoms with van der Waals surface area (Å²) < 4.78 is 5.44. The van der Waals surface area contributed by atoms with Gasteiger partial charge >= 0.3 is 6.03 Å². The molecule has 0 spiro atoms. The third-order valence-corrected chi connectivity index (χ3v) is 5.65. The molecule has 2 atom stereocenters. The van der Waals surface area contributed by atoms with Crippen molar-refractivity contribution >= 4 is 11.7 Å². The Hall–Kier alpha value is -2.43. The quantitative estimate of drug-likeness (QED) is 0.867. The van der Waals surface area contributed by atoms with E-state index in [-0.39, 0.29) is 11.6 Å². The number of hydrogen-bond acceptors (Lipinski definition) is 3. The minimum Gasteiger partial charge on any atom is -0.467 e. The second-order valence-corrected chi connectivity index (χ2v) is 7.78. The zero-order valence-corrected chi connectivity index (χ0v) is 15.9. The van der Waals surface area contributed by atoms with Crippen LogP contribution in [-0.2, 0) is 6.54 Å². The second kappa shape index (κ2) is 7.44. The average Bonchev–Trinajstić information content (AvgIpc) is 3.13. The summed E-state index contributed by atoms with van der Waals surface area (Å²) in [5.74, 6) is 1.20. The number of anilines is 1. The van der Waals surface area contributed by atoms with Crippen LogP contribution in [0.1, 0.15) is 49.8 Å². The van der Waals surface area contributed by atoms with E-state index in [1.807, 2.05) is 26.2 Å². The van der Waals surface area contributed by atoms with Gasteiger partial charge in [0.2, 0.25) is 0 Å². The molecule has 1 aromatic heterocycles. The molecule has 140 valence electrons. The second-order valence-electron chi connectivity index (χ2n) is 7.78. The Bertz CT molecular complexity index is 724. The smallest absolute Gasteiger partial charge is 0.315 e. The molecular weight excluding hydrogens is 326 g/mol. The zero-order valence-electron chi connectivity index (χ0n) is 15.9. The highest BCUT2D eigenvalue weighted by atomic mass is 16.3. The van der Waals surface area contributed by atoms with E-state index < -0.39 is 0 Å². The Labute approximate surface area is 155 Å². The van der Waals surface area contributed by atoms with Crippen molar-refractivity contribution in [1.82, 2.24) is 4.90 Å². The lowest BCUT2D eigenvalue weighted by Crippen LogP contribution is -2.53. The molecular formula is C21H29N3O2. The Balaban J connectivity index is 1.79. The first kappa shape index (κ1) is 18.4. The summed E-state index contributed by atoms with van der Waals surface area (Å²) in [5.41, 5.74) is 8.02. The van der Waals surface area contributed by atoms with Crippen molar-refractivity contribution in [2.45, 2.75) is 50.6 Å². The highest BCUT2D eigenvalue weighted by Gasteiger charge is 2.39. The van der Waals surface area contributed by atoms with E-state index in [0.29, 0.717) is 12.5 Å². The van der Waals surface area contributed by atoms with Crippen LogP contribution in [0.4, 0.5) is 10.5 Å². The molecule has 1 fully saturated rings. The van der Waals surface area contributed by atoms with E-state index in [0.717, 1.165) is 31.4 Å². The van der Waals surface area contributed by atoms with Crippen molar-refractivity contribution in [1.29, 1.82) is 0 Å². The molecule has 2 N–H and O–H groups in total. The summed E-state index contributed by atoms with van der Waals surface area (Å²) in [5, 5.41) is 0. The molecule has 1 heterocycles. The molecule has 0 radical (unpaired) electrons. The number of carbonyl (C=O) groups excluding carboxylic acids is 1.